The normalized spacial score (nSPS) is 9.79. The number of halogens is 2. The van der Waals surface area contributed by atoms with Crippen LogP contribution in [0.4, 0.5) is 0 Å². The van der Waals surface area contributed by atoms with Gasteiger partial charge in [-0.05, 0) is 30.4 Å². The molecule has 0 radical (unpaired) electrons. The number of rotatable bonds is 4. The molecule has 1 rings (SSSR count). The summed E-state index contributed by atoms with van der Waals surface area (Å²) in [5.74, 6) is 3.58. The molecule has 0 saturated carbocycles. The van der Waals surface area contributed by atoms with Crippen molar-refractivity contribution in [2.45, 2.75) is 17.7 Å². The van der Waals surface area contributed by atoms with E-state index in [1.165, 1.54) is 0 Å². The Morgan fingerprint density at radius 1 is 1.36 bits per heavy atom. The Kier molecular flexibility index (Phi) is 5.25. The topological polar surface area (TPSA) is 0 Å². The van der Waals surface area contributed by atoms with Crippen molar-refractivity contribution in [2.24, 2.45) is 0 Å². The smallest absolute Gasteiger partial charge is 0.0542 e. The lowest BCUT2D eigenvalue weighted by molar-refractivity contribution is 0.997. The number of benzene rings is 1. The molecule has 1 aromatic rings. The fourth-order valence-electron chi connectivity index (χ4n) is 0.944. The van der Waals surface area contributed by atoms with E-state index in [1.807, 2.05) is 12.1 Å². The third-order valence-corrected chi connectivity index (χ3v) is 3.43. The van der Waals surface area contributed by atoms with Crippen LogP contribution in [0.5, 0.6) is 0 Å². The van der Waals surface area contributed by atoms with Crippen molar-refractivity contribution in [1.29, 1.82) is 0 Å². The summed E-state index contributed by atoms with van der Waals surface area (Å²) >= 11 is 13.5. The second kappa shape index (κ2) is 6.24. The van der Waals surface area contributed by atoms with Crippen molar-refractivity contribution in [3.63, 3.8) is 0 Å². The van der Waals surface area contributed by atoms with Crippen LogP contribution in [-0.2, 0) is 0 Å². The Morgan fingerprint density at radius 3 is 2.86 bits per heavy atom. The van der Waals surface area contributed by atoms with Crippen LogP contribution in [0.25, 0.3) is 0 Å². The molecule has 74 valence electrons. The zero-order chi connectivity index (χ0) is 10.4. The lowest BCUT2D eigenvalue weighted by Crippen LogP contribution is -1.80. The Balaban J connectivity index is 2.50. The van der Waals surface area contributed by atoms with Gasteiger partial charge in [0.25, 0.3) is 0 Å². The van der Waals surface area contributed by atoms with Crippen LogP contribution in [0.15, 0.2) is 23.1 Å². The highest BCUT2D eigenvalue weighted by Gasteiger charge is 2.01. The SMILES string of the molecule is C#CCCCSc1cc(Cl)ccc1Cl. The highest BCUT2D eigenvalue weighted by Crippen LogP contribution is 2.30. The maximum Gasteiger partial charge on any atom is 0.0542 e. The maximum absolute atomic E-state index is 5.99. The summed E-state index contributed by atoms with van der Waals surface area (Å²) in [6.45, 7) is 0. The molecule has 0 aliphatic rings. The minimum Gasteiger partial charge on any atom is -0.125 e. The number of hydrogen-bond acceptors (Lipinski definition) is 1. The van der Waals surface area contributed by atoms with Crippen molar-refractivity contribution in [2.75, 3.05) is 5.75 Å². The van der Waals surface area contributed by atoms with Gasteiger partial charge in [-0.2, -0.15) is 0 Å². The molecule has 1 aromatic carbocycles. The highest BCUT2D eigenvalue weighted by atomic mass is 35.5. The Hall–Kier alpha value is -0.290. The lowest BCUT2D eigenvalue weighted by Gasteiger charge is -2.03. The fraction of sp³-hybridized carbons (Fsp3) is 0.273. The average molecular weight is 245 g/mol. The van der Waals surface area contributed by atoms with Gasteiger partial charge in [0.2, 0.25) is 0 Å². The third kappa shape index (κ3) is 3.84. The number of thioether (sulfide) groups is 1. The van der Waals surface area contributed by atoms with Gasteiger partial charge in [-0.25, -0.2) is 0 Å². The molecule has 0 heterocycles. The second-order valence-corrected chi connectivity index (χ2v) is 4.71. The van der Waals surface area contributed by atoms with Crippen LogP contribution in [0.1, 0.15) is 12.8 Å². The minimum atomic E-state index is 0.717. The van der Waals surface area contributed by atoms with Crippen molar-refractivity contribution < 1.29 is 0 Å². The van der Waals surface area contributed by atoms with Gasteiger partial charge in [0.1, 0.15) is 0 Å². The van der Waals surface area contributed by atoms with E-state index in [9.17, 15) is 0 Å². The Morgan fingerprint density at radius 2 is 2.14 bits per heavy atom. The van der Waals surface area contributed by atoms with Gasteiger partial charge >= 0.3 is 0 Å². The summed E-state index contributed by atoms with van der Waals surface area (Å²) in [6, 6.07) is 5.48. The van der Waals surface area contributed by atoms with E-state index >= 15 is 0 Å². The second-order valence-electron chi connectivity index (χ2n) is 2.73. The zero-order valence-electron chi connectivity index (χ0n) is 7.59. The average Bonchev–Trinajstić information content (AvgIpc) is 2.18. The van der Waals surface area contributed by atoms with Gasteiger partial charge in [0.05, 0.1) is 5.02 Å². The van der Waals surface area contributed by atoms with Gasteiger partial charge in [-0.15, -0.1) is 24.1 Å². The summed E-state index contributed by atoms with van der Waals surface area (Å²) in [5, 5.41) is 1.47. The molecule has 0 atom stereocenters. The molecule has 0 N–H and O–H groups in total. The van der Waals surface area contributed by atoms with Gasteiger partial charge < -0.3 is 0 Å². The first-order valence-corrected chi connectivity index (χ1v) is 5.99. The molecule has 14 heavy (non-hydrogen) atoms. The number of hydrogen-bond donors (Lipinski definition) is 0. The van der Waals surface area contributed by atoms with Crippen LogP contribution in [0.3, 0.4) is 0 Å². The summed E-state index contributed by atoms with van der Waals surface area (Å²) in [7, 11) is 0. The number of unbranched alkanes of at least 4 members (excludes halogenated alkanes) is 1. The predicted octanol–water partition coefficient (Wildman–Crippen LogP) is 4.50. The molecule has 3 heteroatoms. The van der Waals surface area contributed by atoms with E-state index in [0.717, 1.165) is 28.5 Å². The minimum absolute atomic E-state index is 0.717. The van der Waals surface area contributed by atoms with E-state index < -0.39 is 0 Å². The van der Waals surface area contributed by atoms with Gasteiger partial charge in [-0.3, -0.25) is 0 Å². The first-order chi connectivity index (χ1) is 6.74. The Bertz CT molecular complexity index is 342. The zero-order valence-corrected chi connectivity index (χ0v) is 9.92. The Labute approximate surface area is 99.0 Å². The molecule has 0 amide bonds. The van der Waals surface area contributed by atoms with Gasteiger partial charge in [0.15, 0.2) is 0 Å². The van der Waals surface area contributed by atoms with Gasteiger partial charge in [-0.1, -0.05) is 23.2 Å². The molecule has 0 aromatic heterocycles. The van der Waals surface area contributed by atoms with E-state index in [1.54, 1.807) is 17.8 Å². The maximum atomic E-state index is 5.99. The largest absolute Gasteiger partial charge is 0.125 e. The quantitative estimate of drug-likeness (QED) is 0.427. The van der Waals surface area contributed by atoms with E-state index in [4.69, 9.17) is 29.6 Å². The van der Waals surface area contributed by atoms with Crippen LogP contribution in [0, 0.1) is 12.3 Å². The fourth-order valence-corrected chi connectivity index (χ4v) is 2.39. The van der Waals surface area contributed by atoms with Crippen LogP contribution in [-0.4, -0.2) is 5.75 Å². The van der Waals surface area contributed by atoms with Gasteiger partial charge in [0, 0.05) is 16.3 Å². The van der Waals surface area contributed by atoms with Crippen molar-refractivity contribution in [1.82, 2.24) is 0 Å². The van der Waals surface area contributed by atoms with Crippen molar-refractivity contribution >= 4 is 35.0 Å². The van der Waals surface area contributed by atoms with Crippen molar-refractivity contribution in [3.05, 3.63) is 28.2 Å². The van der Waals surface area contributed by atoms with Crippen LogP contribution >= 0.6 is 35.0 Å². The standard InChI is InChI=1S/C11H10Cl2S/c1-2-3-4-7-14-11-8-9(12)5-6-10(11)13/h1,5-6,8H,3-4,7H2. The summed E-state index contributed by atoms with van der Waals surface area (Å²) in [5.41, 5.74) is 0. The molecule has 0 saturated heterocycles. The molecule has 0 spiro atoms. The molecule has 0 bridgehead atoms. The van der Waals surface area contributed by atoms with E-state index in [2.05, 4.69) is 5.92 Å². The van der Waals surface area contributed by atoms with Crippen LogP contribution < -0.4 is 0 Å². The lowest BCUT2D eigenvalue weighted by atomic mass is 10.4. The molecule has 0 aliphatic heterocycles. The van der Waals surface area contributed by atoms with E-state index in [0.29, 0.717) is 5.02 Å². The molecular formula is C11H10Cl2S. The number of terminal acetylenes is 1. The summed E-state index contributed by atoms with van der Waals surface area (Å²) in [4.78, 5) is 1.02. The predicted molar refractivity (Wildman–Crippen MR) is 65.3 cm³/mol. The first kappa shape index (κ1) is 11.8. The highest BCUT2D eigenvalue weighted by molar-refractivity contribution is 7.99. The summed E-state index contributed by atoms with van der Waals surface area (Å²) < 4.78 is 0. The molecule has 0 nitrogen and oxygen atoms in total. The van der Waals surface area contributed by atoms with Crippen LogP contribution in [0.2, 0.25) is 10.0 Å². The third-order valence-electron chi connectivity index (χ3n) is 1.62. The molecular weight excluding hydrogens is 235 g/mol. The van der Waals surface area contributed by atoms with Crippen molar-refractivity contribution in [3.8, 4) is 12.3 Å². The first-order valence-electron chi connectivity index (χ1n) is 4.25. The molecule has 0 unspecified atom stereocenters. The van der Waals surface area contributed by atoms with E-state index in [-0.39, 0.29) is 0 Å². The monoisotopic (exact) mass is 244 g/mol. The molecule has 0 fully saturated rings. The summed E-state index contributed by atoms with van der Waals surface area (Å²) in [6.07, 6.45) is 6.97. The molecule has 0 aliphatic carbocycles.